The van der Waals surface area contributed by atoms with E-state index in [-0.39, 0.29) is 18.0 Å². The summed E-state index contributed by atoms with van der Waals surface area (Å²) in [6, 6.07) is 8.17. The number of amides is 1. The summed E-state index contributed by atoms with van der Waals surface area (Å²) < 4.78 is 4.81. The number of nitro groups is 2. The molecule has 1 heterocycles. The Balaban J connectivity index is 1.82. The fourth-order valence-electron chi connectivity index (χ4n) is 1.63. The molecule has 0 bridgehead atoms. The highest BCUT2D eigenvalue weighted by molar-refractivity contribution is 5.83. The summed E-state index contributed by atoms with van der Waals surface area (Å²) in [6.45, 7) is -0.170. The second-order valence-corrected chi connectivity index (χ2v) is 4.39. The Morgan fingerprint density at radius 3 is 2.67 bits per heavy atom. The predicted octanol–water partition coefficient (Wildman–Crippen LogP) is 1.66. The number of carbonyl (C=O) groups is 1. The zero-order valence-electron chi connectivity index (χ0n) is 12.0. The van der Waals surface area contributed by atoms with Crippen LogP contribution in [0.2, 0.25) is 0 Å². The summed E-state index contributed by atoms with van der Waals surface area (Å²) in [5.74, 6) is -0.845. The van der Waals surface area contributed by atoms with E-state index in [1.807, 2.05) is 0 Å². The fraction of sp³-hybridized carbons (Fsp3) is 0.0769. The van der Waals surface area contributed by atoms with Crippen molar-refractivity contribution in [3.05, 3.63) is 62.4 Å². The SMILES string of the molecule is O=C(CNc1cccc([N+](=O)[O-])c1)N/N=C\c1ccc([N+](=O)[O-])o1. The third-order valence-corrected chi connectivity index (χ3v) is 2.68. The molecule has 2 rings (SSSR count). The van der Waals surface area contributed by atoms with E-state index in [4.69, 9.17) is 4.42 Å². The van der Waals surface area contributed by atoms with Crippen LogP contribution in [-0.4, -0.2) is 28.5 Å². The summed E-state index contributed by atoms with van der Waals surface area (Å²) in [5, 5.41) is 27.4. The Hall–Kier alpha value is -3.76. The molecule has 0 fully saturated rings. The van der Waals surface area contributed by atoms with Gasteiger partial charge in [-0.05, 0) is 12.1 Å². The first kappa shape index (κ1) is 16.6. The molecule has 0 radical (unpaired) electrons. The number of nitrogens with one attached hydrogen (secondary N) is 2. The number of hydrogen-bond acceptors (Lipinski definition) is 8. The van der Waals surface area contributed by atoms with Crippen molar-refractivity contribution in [3.63, 3.8) is 0 Å². The third kappa shape index (κ3) is 4.62. The standard InChI is InChI=1S/C13H11N5O6/c19-12(8-14-9-2-1-3-10(6-9)17(20)21)16-15-7-11-4-5-13(24-11)18(22)23/h1-7,14H,8H2,(H,16,19)/b15-7-. The van der Waals surface area contributed by atoms with Gasteiger partial charge in [0.1, 0.15) is 4.92 Å². The van der Waals surface area contributed by atoms with Crippen LogP contribution >= 0.6 is 0 Å². The Bertz CT molecular complexity index is 800. The summed E-state index contributed by atoms with van der Waals surface area (Å²) in [4.78, 5) is 31.4. The maximum Gasteiger partial charge on any atom is 0.433 e. The van der Waals surface area contributed by atoms with E-state index in [9.17, 15) is 25.0 Å². The molecule has 0 aliphatic heterocycles. The number of benzene rings is 1. The van der Waals surface area contributed by atoms with Crippen molar-refractivity contribution < 1.29 is 19.1 Å². The average molecular weight is 333 g/mol. The number of nitro benzene ring substituents is 1. The number of rotatable bonds is 7. The van der Waals surface area contributed by atoms with Crippen molar-refractivity contribution in [1.29, 1.82) is 0 Å². The molecule has 1 amide bonds. The van der Waals surface area contributed by atoms with Gasteiger partial charge in [0.2, 0.25) is 0 Å². The van der Waals surface area contributed by atoms with E-state index in [2.05, 4.69) is 15.8 Å². The number of anilines is 1. The van der Waals surface area contributed by atoms with Crippen LogP contribution in [0.1, 0.15) is 5.76 Å². The first-order chi connectivity index (χ1) is 11.5. The second-order valence-electron chi connectivity index (χ2n) is 4.39. The van der Waals surface area contributed by atoms with Crippen LogP contribution < -0.4 is 10.7 Å². The zero-order chi connectivity index (χ0) is 17.5. The number of hydrogen-bond donors (Lipinski definition) is 2. The van der Waals surface area contributed by atoms with Crippen LogP contribution in [0.5, 0.6) is 0 Å². The topological polar surface area (TPSA) is 153 Å². The van der Waals surface area contributed by atoms with E-state index in [1.54, 1.807) is 6.07 Å². The third-order valence-electron chi connectivity index (χ3n) is 2.68. The van der Waals surface area contributed by atoms with Crippen molar-refractivity contribution >= 4 is 29.4 Å². The molecule has 24 heavy (non-hydrogen) atoms. The lowest BCUT2D eigenvalue weighted by atomic mass is 10.3. The molecule has 0 aliphatic rings. The van der Waals surface area contributed by atoms with Crippen molar-refractivity contribution in [1.82, 2.24) is 5.43 Å². The Labute approximate surface area is 134 Å². The van der Waals surface area contributed by atoms with Gasteiger partial charge in [-0.3, -0.25) is 25.0 Å². The average Bonchev–Trinajstić information content (AvgIpc) is 3.02. The molecule has 0 aliphatic carbocycles. The lowest BCUT2D eigenvalue weighted by Crippen LogP contribution is -2.25. The molecule has 0 saturated heterocycles. The van der Waals surface area contributed by atoms with Gasteiger partial charge in [0, 0.05) is 17.8 Å². The van der Waals surface area contributed by atoms with Gasteiger partial charge in [-0.2, -0.15) is 5.10 Å². The first-order valence-corrected chi connectivity index (χ1v) is 6.50. The van der Waals surface area contributed by atoms with Crippen molar-refractivity contribution in [3.8, 4) is 0 Å². The molecule has 0 unspecified atom stereocenters. The van der Waals surface area contributed by atoms with E-state index in [0.717, 1.165) is 12.3 Å². The molecular weight excluding hydrogens is 322 g/mol. The Kier molecular flexibility index (Phi) is 5.18. The largest absolute Gasteiger partial charge is 0.433 e. The predicted molar refractivity (Wildman–Crippen MR) is 82.7 cm³/mol. The van der Waals surface area contributed by atoms with Gasteiger partial charge in [-0.1, -0.05) is 6.07 Å². The zero-order valence-corrected chi connectivity index (χ0v) is 12.0. The van der Waals surface area contributed by atoms with E-state index < -0.39 is 21.6 Å². The molecule has 11 nitrogen and oxygen atoms in total. The summed E-state index contributed by atoms with van der Waals surface area (Å²) in [7, 11) is 0. The van der Waals surface area contributed by atoms with Gasteiger partial charge in [0.25, 0.3) is 11.6 Å². The molecule has 2 N–H and O–H groups in total. The summed E-state index contributed by atoms with van der Waals surface area (Å²) in [6.07, 6.45) is 1.11. The second kappa shape index (κ2) is 7.49. The van der Waals surface area contributed by atoms with Crippen LogP contribution in [0.25, 0.3) is 0 Å². The van der Waals surface area contributed by atoms with Crippen LogP contribution in [0.3, 0.4) is 0 Å². The fourth-order valence-corrected chi connectivity index (χ4v) is 1.63. The van der Waals surface area contributed by atoms with Crippen LogP contribution in [0.4, 0.5) is 17.3 Å². The monoisotopic (exact) mass is 333 g/mol. The smallest absolute Gasteiger partial charge is 0.400 e. The molecule has 1 aromatic heterocycles. The van der Waals surface area contributed by atoms with Crippen molar-refractivity contribution in [2.45, 2.75) is 0 Å². The van der Waals surface area contributed by atoms with Crippen molar-refractivity contribution in [2.75, 3.05) is 11.9 Å². The van der Waals surface area contributed by atoms with Crippen molar-refractivity contribution in [2.24, 2.45) is 5.10 Å². The molecular formula is C13H11N5O6. The van der Waals surface area contributed by atoms with Gasteiger partial charge in [-0.25, -0.2) is 5.43 Å². The minimum atomic E-state index is -0.696. The van der Waals surface area contributed by atoms with Gasteiger partial charge in [0.05, 0.1) is 23.7 Å². The number of non-ortho nitro benzene ring substituents is 1. The highest BCUT2D eigenvalue weighted by atomic mass is 16.6. The summed E-state index contributed by atoms with van der Waals surface area (Å²) >= 11 is 0. The number of nitrogens with zero attached hydrogens (tertiary/aromatic N) is 3. The first-order valence-electron chi connectivity index (χ1n) is 6.50. The maximum absolute atomic E-state index is 11.6. The molecule has 1 aromatic carbocycles. The van der Waals surface area contributed by atoms with Gasteiger partial charge >= 0.3 is 5.88 Å². The van der Waals surface area contributed by atoms with Gasteiger partial charge in [-0.15, -0.1) is 0 Å². The minimum Gasteiger partial charge on any atom is -0.400 e. The molecule has 0 spiro atoms. The van der Waals surface area contributed by atoms with Gasteiger partial charge in [0.15, 0.2) is 5.76 Å². The van der Waals surface area contributed by atoms with E-state index in [0.29, 0.717) is 5.69 Å². The quantitative estimate of drug-likeness (QED) is 0.443. The summed E-state index contributed by atoms with van der Waals surface area (Å²) in [5.41, 5.74) is 2.49. The van der Waals surface area contributed by atoms with Crippen LogP contribution in [0, 0.1) is 20.2 Å². The van der Waals surface area contributed by atoms with E-state index >= 15 is 0 Å². The van der Waals surface area contributed by atoms with E-state index in [1.165, 1.54) is 24.3 Å². The molecule has 124 valence electrons. The Morgan fingerprint density at radius 2 is 2.00 bits per heavy atom. The van der Waals surface area contributed by atoms with Crippen LogP contribution in [0.15, 0.2) is 45.9 Å². The highest BCUT2D eigenvalue weighted by Crippen LogP contribution is 2.16. The Morgan fingerprint density at radius 1 is 1.21 bits per heavy atom. The lowest BCUT2D eigenvalue weighted by molar-refractivity contribution is -0.402. The number of carbonyl (C=O) groups excluding carboxylic acids is 1. The minimum absolute atomic E-state index is 0.0992. The molecule has 2 aromatic rings. The normalized spacial score (nSPS) is 10.5. The number of hydrazone groups is 1. The lowest BCUT2D eigenvalue weighted by Gasteiger charge is -2.04. The molecule has 0 atom stereocenters. The highest BCUT2D eigenvalue weighted by Gasteiger charge is 2.10. The maximum atomic E-state index is 11.6. The van der Waals surface area contributed by atoms with Crippen LogP contribution in [-0.2, 0) is 4.79 Å². The molecule has 0 saturated carbocycles. The number of furan rings is 1. The van der Waals surface area contributed by atoms with Gasteiger partial charge < -0.3 is 9.73 Å². The molecule has 11 heteroatoms.